The first-order valence-electron chi connectivity index (χ1n) is 6.89. The molecule has 1 saturated heterocycles. The van der Waals surface area contributed by atoms with Crippen LogP contribution in [0.15, 0.2) is 0 Å². The fourth-order valence-corrected chi connectivity index (χ4v) is 2.37. The summed E-state index contributed by atoms with van der Waals surface area (Å²) < 4.78 is 5.09. The Morgan fingerprint density at radius 2 is 2.20 bits per heavy atom. The number of hydrogen-bond acceptors (Lipinski definition) is 4. The average Bonchev–Trinajstić information content (AvgIpc) is 2.45. The van der Waals surface area contributed by atoms with E-state index in [-0.39, 0.29) is 23.6 Å². The van der Waals surface area contributed by atoms with Gasteiger partial charge in [-0.2, -0.15) is 0 Å². The van der Waals surface area contributed by atoms with Gasteiger partial charge < -0.3 is 15.0 Å². The second-order valence-corrected chi connectivity index (χ2v) is 5.22. The predicted octanol–water partition coefficient (Wildman–Crippen LogP) is 0.832. The summed E-state index contributed by atoms with van der Waals surface area (Å²) in [6.45, 7) is 3.27. The van der Waals surface area contributed by atoms with Gasteiger partial charge in [0, 0.05) is 13.1 Å². The molecule has 0 bridgehead atoms. The summed E-state index contributed by atoms with van der Waals surface area (Å²) in [5.41, 5.74) is 0. The molecular formula is C13H21BrN2O4. The van der Waals surface area contributed by atoms with Crippen LogP contribution >= 0.6 is 15.9 Å². The highest BCUT2D eigenvalue weighted by Crippen LogP contribution is 2.11. The minimum Gasteiger partial charge on any atom is -0.466 e. The second kappa shape index (κ2) is 8.94. The first-order valence-corrected chi connectivity index (χ1v) is 8.01. The van der Waals surface area contributed by atoms with Crippen LogP contribution < -0.4 is 5.32 Å². The summed E-state index contributed by atoms with van der Waals surface area (Å²) in [6, 6.07) is -0.757. The summed E-state index contributed by atoms with van der Waals surface area (Å²) in [4.78, 5) is 36.7. The third-order valence-corrected chi connectivity index (χ3v) is 3.62. The summed E-state index contributed by atoms with van der Waals surface area (Å²) in [7, 11) is 0. The lowest BCUT2D eigenvalue weighted by molar-refractivity contribution is -0.151. The van der Waals surface area contributed by atoms with Crippen molar-refractivity contribution in [2.45, 2.75) is 38.6 Å². The van der Waals surface area contributed by atoms with Crippen LogP contribution in [0.5, 0.6) is 0 Å². The second-order valence-electron chi connectivity index (χ2n) is 4.66. The van der Waals surface area contributed by atoms with E-state index in [0.29, 0.717) is 19.7 Å². The zero-order valence-electron chi connectivity index (χ0n) is 11.7. The van der Waals surface area contributed by atoms with Crippen molar-refractivity contribution in [1.82, 2.24) is 10.2 Å². The summed E-state index contributed by atoms with van der Waals surface area (Å²) >= 11 is 3.08. The van der Waals surface area contributed by atoms with Gasteiger partial charge in [0.25, 0.3) is 0 Å². The van der Waals surface area contributed by atoms with E-state index in [0.717, 1.165) is 19.3 Å². The molecular weight excluding hydrogens is 328 g/mol. The van der Waals surface area contributed by atoms with Gasteiger partial charge in [0.1, 0.15) is 6.04 Å². The molecule has 0 aromatic rings. The molecule has 6 nitrogen and oxygen atoms in total. The van der Waals surface area contributed by atoms with Crippen LogP contribution in [0.1, 0.15) is 32.6 Å². The van der Waals surface area contributed by atoms with Crippen LogP contribution in [-0.2, 0) is 19.1 Å². The van der Waals surface area contributed by atoms with Crippen molar-refractivity contribution in [2.24, 2.45) is 0 Å². The van der Waals surface area contributed by atoms with Gasteiger partial charge in [-0.3, -0.25) is 14.4 Å². The van der Waals surface area contributed by atoms with Crippen molar-refractivity contribution in [1.29, 1.82) is 0 Å². The summed E-state index contributed by atoms with van der Waals surface area (Å²) in [5, 5.41) is 2.81. The number of halogens is 1. The molecule has 1 atom stereocenters. The van der Waals surface area contributed by atoms with E-state index in [1.165, 1.54) is 4.90 Å². The monoisotopic (exact) mass is 348 g/mol. The number of carbonyl (C=O) groups excluding carboxylic acids is 3. The van der Waals surface area contributed by atoms with E-state index in [9.17, 15) is 14.4 Å². The zero-order chi connectivity index (χ0) is 15.0. The number of esters is 1. The number of piperazine rings is 1. The Labute approximate surface area is 127 Å². The Morgan fingerprint density at radius 1 is 1.45 bits per heavy atom. The fraction of sp³-hybridized carbons (Fsp3) is 0.769. The van der Waals surface area contributed by atoms with E-state index >= 15 is 0 Å². The SMILES string of the molecule is CCCCCOC(=O)C[C@H]1C(=O)NCCN1C(=O)CBr. The number of carbonyl (C=O) groups is 3. The number of rotatable bonds is 7. The van der Waals surface area contributed by atoms with Crippen molar-refractivity contribution in [3.8, 4) is 0 Å². The van der Waals surface area contributed by atoms with Crippen molar-refractivity contribution in [2.75, 3.05) is 25.0 Å². The molecule has 1 N–H and O–H groups in total. The number of nitrogens with zero attached hydrogens (tertiary/aromatic N) is 1. The standard InChI is InChI=1S/C13H21BrN2O4/c1-2-3-4-7-20-12(18)8-10-13(19)15-5-6-16(10)11(17)9-14/h10H,2-9H2,1H3,(H,15,19)/t10-/m0/s1. The Hall–Kier alpha value is -1.11. The van der Waals surface area contributed by atoms with E-state index in [4.69, 9.17) is 4.74 Å². The van der Waals surface area contributed by atoms with Crippen LogP contribution in [0.2, 0.25) is 0 Å². The number of alkyl halides is 1. The highest BCUT2D eigenvalue weighted by atomic mass is 79.9. The molecule has 0 saturated carbocycles. The van der Waals surface area contributed by atoms with Crippen molar-refractivity contribution < 1.29 is 19.1 Å². The Balaban J connectivity index is 2.49. The van der Waals surface area contributed by atoms with E-state index < -0.39 is 12.0 Å². The Kier molecular flexibility index (Phi) is 7.58. The van der Waals surface area contributed by atoms with Gasteiger partial charge in [-0.15, -0.1) is 0 Å². The minimum atomic E-state index is -0.757. The van der Waals surface area contributed by atoms with Crippen LogP contribution in [0, 0.1) is 0 Å². The predicted molar refractivity (Wildman–Crippen MR) is 77.4 cm³/mol. The van der Waals surface area contributed by atoms with Crippen LogP contribution in [0.4, 0.5) is 0 Å². The van der Waals surface area contributed by atoms with Gasteiger partial charge in [-0.1, -0.05) is 35.7 Å². The summed E-state index contributed by atoms with van der Waals surface area (Å²) in [5.74, 6) is -0.921. The maximum Gasteiger partial charge on any atom is 0.308 e. The first kappa shape index (κ1) is 16.9. The van der Waals surface area contributed by atoms with Gasteiger partial charge >= 0.3 is 5.97 Å². The molecule has 1 heterocycles. The van der Waals surface area contributed by atoms with Crippen molar-refractivity contribution >= 4 is 33.7 Å². The van der Waals surface area contributed by atoms with Crippen LogP contribution in [-0.4, -0.2) is 53.8 Å². The van der Waals surface area contributed by atoms with Gasteiger partial charge in [-0.05, 0) is 6.42 Å². The fourth-order valence-electron chi connectivity index (χ4n) is 2.05. The first-order chi connectivity index (χ1) is 9.60. The third kappa shape index (κ3) is 5.11. The van der Waals surface area contributed by atoms with Crippen molar-refractivity contribution in [3.05, 3.63) is 0 Å². The smallest absolute Gasteiger partial charge is 0.308 e. The van der Waals surface area contributed by atoms with Gasteiger partial charge in [0.2, 0.25) is 11.8 Å². The van der Waals surface area contributed by atoms with Gasteiger partial charge in [0.15, 0.2) is 0 Å². The van der Waals surface area contributed by atoms with Crippen molar-refractivity contribution in [3.63, 3.8) is 0 Å². The van der Waals surface area contributed by atoms with E-state index in [2.05, 4.69) is 28.2 Å². The lowest BCUT2D eigenvalue weighted by Crippen LogP contribution is -2.58. The molecule has 0 unspecified atom stereocenters. The van der Waals surface area contributed by atoms with E-state index in [1.807, 2.05) is 0 Å². The molecule has 0 aliphatic carbocycles. The molecule has 7 heteroatoms. The maximum atomic E-state index is 11.8. The molecule has 20 heavy (non-hydrogen) atoms. The normalized spacial score (nSPS) is 18.6. The highest BCUT2D eigenvalue weighted by Gasteiger charge is 2.34. The molecule has 1 aliphatic heterocycles. The molecule has 0 aromatic carbocycles. The molecule has 0 aromatic heterocycles. The Morgan fingerprint density at radius 3 is 2.85 bits per heavy atom. The number of ether oxygens (including phenoxy) is 1. The largest absolute Gasteiger partial charge is 0.466 e. The number of unbranched alkanes of at least 4 members (excludes halogenated alkanes) is 2. The van der Waals surface area contributed by atoms with Gasteiger partial charge in [-0.25, -0.2) is 0 Å². The molecule has 1 rings (SSSR count). The van der Waals surface area contributed by atoms with Crippen LogP contribution in [0.3, 0.4) is 0 Å². The molecule has 0 radical (unpaired) electrons. The third-order valence-electron chi connectivity index (χ3n) is 3.14. The Bertz CT molecular complexity index is 362. The highest BCUT2D eigenvalue weighted by molar-refractivity contribution is 9.09. The lowest BCUT2D eigenvalue weighted by atomic mass is 10.1. The molecule has 2 amide bonds. The molecule has 114 valence electrons. The number of nitrogens with one attached hydrogen (secondary N) is 1. The number of amides is 2. The maximum absolute atomic E-state index is 11.8. The number of hydrogen-bond donors (Lipinski definition) is 1. The quantitative estimate of drug-likeness (QED) is 0.420. The minimum absolute atomic E-state index is 0.0866. The zero-order valence-corrected chi connectivity index (χ0v) is 13.3. The molecule has 0 spiro atoms. The summed E-state index contributed by atoms with van der Waals surface area (Å²) in [6.07, 6.45) is 2.79. The topological polar surface area (TPSA) is 75.7 Å². The van der Waals surface area contributed by atoms with E-state index in [1.54, 1.807) is 0 Å². The lowest BCUT2D eigenvalue weighted by Gasteiger charge is -2.34. The van der Waals surface area contributed by atoms with Crippen LogP contribution in [0.25, 0.3) is 0 Å². The molecule has 1 fully saturated rings. The molecule has 1 aliphatic rings. The average molecular weight is 349 g/mol. The van der Waals surface area contributed by atoms with Gasteiger partial charge in [0.05, 0.1) is 18.4 Å².